The second kappa shape index (κ2) is 4.23. The van der Waals surface area contributed by atoms with E-state index in [2.05, 4.69) is 10.2 Å². The van der Waals surface area contributed by atoms with E-state index in [-0.39, 0.29) is 11.3 Å². The third-order valence-corrected chi connectivity index (χ3v) is 3.21. The monoisotopic (exact) mass is 227 g/mol. The number of likely N-dealkylation sites (tertiary alicyclic amines) is 1. The molecular formula is C10H14ClN3O. The van der Waals surface area contributed by atoms with Gasteiger partial charge in [-0.25, -0.2) is 0 Å². The molecule has 0 atom stereocenters. The molecule has 0 unspecified atom stereocenters. The van der Waals surface area contributed by atoms with Crippen molar-refractivity contribution in [3.63, 3.8) is 0 Å². The number of nitrogens with one attached hydrogen (secondary N) is 1. The minimum absolute atomic E-state index is 0.0600. The van der Waals surface area contributed by atoms with Gasteiger partial charge in [0, 0.05) is 24.2 Å². The molecule has 4 nitrogen and oxygen atoms in total. The quantitative estimate of drug-likeness (QED) is 0.741. The number of hydrogen-bond acceptors (Lipinski definition) is 2. The van der Waals surface area contributed by atoms with Gasteiger partial charge in [0.15, 0.2) is 0 Å². The van der Waals surface area contributed by atoms with Crippen LogP contribution >= 0.6 is 11.6 Å². The highest BCUT2D eigenvalue weighted by molar-refractivity contribution is 6.20. The van der Waals surface area contributed by atoms with Gasteiger partial charge in [0.05, 0.1) is 11.8 Å². The van der Waals surface area contributed by atoms with Crippen molar-refractivity contribution in [2.24, 2.45) is 0 Å². The summed E-state index contributed by atoms with van der Waals surface area (Å²) < 4.78 is 0. The van der Waals surface area contributed by atoms with Gasteiger partial charge in [-0.2, -0.15) is 5.10 Å². The first-order valence-corrected chi connectivity index (χ1v) is 5.55. The molecule has 0 bridgehead atoms. The number of carbonyl (C=O) groups excluding carboxylic acids is 1. The minimum atomic E-state index is 0.0600. The van der Waals surface area contributed by atoms with E-state index in [1.54, 1.807) is 6.20 Å². The average Bonchev–Trinajstić information content (AvgIpc) is 2.65. The maximum Gasteiger partial charge on any atom is 0.257 e. The van der Waals surface area contributed by atoms with Crippen molar-refractivity contribution in [1.29, 1.82) is 0 Å². The molecule has 1 N–H and O–H groups in total. The van der Waals surface area contributed by atoms with Gasteiger partial charge in [-0.1, -0.05) is 0 Å². The number of hydrogen-bond donors (Lipinski definition) is 1. The lowest BCUT2D eigenvalue weighted by Crippen LogP contribution is -2.38. The molecule has 82 valence electrons. The first-order chi connectivity index (χ1) is 7.18. The standard InChI is InChI=1S/C10H14ClN3O/c1-7-9(6-12-13-7)10(15)14-4-2-8(11)3-5-14/h6,8H,2-5H2,1H3,(H,12,13). The molecule has 1 aromatic heterocycles. The van der Waals surface area contributed by atoms with Crippen LogP contribution in [0.4, 0.5) is 0 Å². The maximum atomic E-state index is 12.0. The van der Waals surface area contributed by atoms with Crippen molar-refractivity contribution < 1.29 is 4.79 Å². The normalized spacial score (nSPS) is 18.1. The van der Waals surface area contributed by atoms with E-state index in [1.165, 1.54) is 0 Å². The number of carbonyl (C=O) groups is 1. The van der Waals surface area contributed by atoms with E-state index in [1.807, 2.05) is 11.8 Å². The zero-order valence-electron chi connectivity index (χ0n) is 8.66. The number of rotatable bonds is 1. The van der Waals surface area contributed by atoms with Crippen molar-refractivity contribution in [1.82, 2.24) is 15.1 Å². The lowest BCUT2D eigenvalue weighted by Gasteiger charge is -2.29. The summed E-state index contributed by atoms with van der Waals surface area (Å²) in [6.45, 7) is 3.35. The summed E-state index contributed by atoms with van der Waals surface area (Å²) in [7, 11) is 0. The molecule has 1 aliphatic heterocycles. The van der Waals surface area contributed by atoms with Crippen molar-refractivity contribution >= 4 is 17.5 Å². The Balaban J connectivity index is 2.06. The van der Waals surface area contributed by atoms with Crippen LogP contribution in [0.1, 0.15) is 28.9 Å². The van der Waals surface area contributed by atoms with E-state index in [4.69, 9.17) is 11.6 Å². The molecule has 0 aliphatic carbocycles. The van der Waals surface area contributed by atoms with Crippen LogP contribution in [-0.4, -0.2) is 39.5 Å². The van der Waals surface area contributed by atoms with E-state index in [9.17, 15) is 4.79 Å². The summed E-state index contributed by atoms with van der Waals surface area (Å²) in [4.78, 5) is 13.9. The number of aromatic nitrogens is 2. The third-order valence-electron chi connectivity index (χ3n) is 2.77. The Hall–Kier alpha value is -1.03. The highest BCUT2D eigenvalue weighted by Gasteiger charge is 2.23. The van der Waals surface area contributed by atoms with Gasteiger partial charge in [0.1, 0.15) is 0 Å². The van der Waals surface area contributed by atoms with Crippen LogP contribution in [0.5, 0.6) is 0 Å². The van der Waals surface area contributed by atoms with Crippen molar-refractivity contribution in [3.05, 3.63) is 17.5 Å². The molecule has 1 amide bonds. The molecule has 0 saturated carbocycles. The van der Waals surface area contributed by atoms with Crippen molar-refractivity contribution in [2.45, 2.75) is 25.1 Å². The number of amides is 1. The minimum Gasteiger partial charge on any atom is -0.338 e. The van der Waals surface area contributed by atoms with Gasteiger partial charge in [-0.05, 0) is 19.8 Å². The fourth-order valence-corrected chi connectivity index (χ4v) is 1.98. The summed E-state index contributed by atoms with van der Waals surface area (Å²) in [6.07, 6.45) is 3.35. The number of halogens is 1. The number of aromatic amines is 1. The molecule has 0 spiro atoms. The Bertz CT molecular complexity index is 355. The molecule has 15 heavy (non-hydrogen) atoms. The molecule has 1 saturated heterocycles. The lowest BCUT2D eigenvalue weighted by atomic mass is 10.1. The molecule has 1 aliphatic rings. The van der Waals surface area contributed by atoms with Crippen LogP contribution in [0.25, 0.3) is 0 Å². The average molecular weight is 228 g/mol. The molecule has 2 heterocycles. The fraction of sp³-hybridized carbons (Fsp3) is 0.600. The topological polar surface area (TPSA) is 49.0 Å². The number of aryl methyl sites for hydroxylation is 1. The zero-order chi connectivity index (χ0) is 10.8. The Morgan fingerprint density at radius 3 is 2.80 bits per heavy atom. The molecular weight excluding hydrogens is 214 g/mol. The Labute approximate surface area is 93.6 Å². The summed E-state index contributed by atoms with van der Waals surface area (Å²) in [5.74, 6) is 0.0600. The molecule has 1 aromatic rings. The molecule has 5 heteroatoms. The fourth-order valence-electron chi connectivity index (χ4n) is 1.79. The number of H-pyrrole nitrogens is 1. The van der Waals surface area contributed by atoms with E-state index >= 15 is 0 Å². The smallest absolute Gasteiger partial charge is 0.257 e. The number of nitrogens with zero attached hydrogens (tertiary/aromatic N) is 2. The predicted octanol–water partition coefficient (Wildman–Crippen LogP) is 1.56. The van der Waals surface area contributed by atoms with Gasteiger partial charge >= 0.3 is 0 Å². The second-order valence-electron chi connectivity index (χ2n) is 3.88. The van der Waals surface area contributed by atoms with Gasteiger partial charge in [0.25, 0.3) is 5.91 Å². The van der Waals surface area contributed by atoms with Crippen LogP contribution in [0.15, 0.2) is 6.20 Å². The zero-order valence-corrected chi connectivity index (χ0v) is 9.42. The van der Waals surface area contributed by atoms with Crippen molar-refractivity contribution in [2.75, 3.05) is 13.1 Å². The van der Waals surface area contributed by atoms with Crippen LogP contribution in [0.3, 0.4) is 0 Å². The van der Waals surface area contributed by atoms with E-state index in [0.717, 1.165) is 31.6 Å². The van der Waals surface area contributed by atoms with Crippen LogP contribution in [0.2, 0.25) is 0 Å². The molecule has 0 aromatic carbocycles. The molecule has 2 rings (SSSR count). The van der Waals surface area contributed by atoms with E-state index in [0.29, 0.717) is 5.56 Å². The summed E-state index contributed by atoms with van der Waals surface area (Å²) >= 11 is 5.99. The van der Waals surface area contributed by atoms with Gasteiger partial charge < -0.3 is 4.90 Å². The number of piperidine rings is 1. The van der Waals surface area contributed by atoms with Gasteiger partial charge in [-0.15, -0.1) is 11.6 Å². The SMILES string of the molecule is Cc1[nH]ncc1C(=O)N1CCC(Cl)CC1. The second-order valence-corrected chi connectivity index (χ2v) is 4.49. The predicted molar refractivity (Wildman–Crippen MR) is 58.1 cm³/mol. The van der Waals surface area contributed by atoms with Gasteiger partial charge in [0.2, 0.25) is 0 Å². The third kappa shape index (κ3) is 2.15. The summed E-state index contributed by atoms with van der Waals surface area (Å²) in [6, 6.07) is 0. The number of alkyl halides is 1. The largest absolute Gasteiger partial charge is 0.338 e. The van der Waals surface area contributed by atoms with Crippen molar-refractivity contribution in [3.8, 4) is 0 Å². The Morgan fingerprint density at radius 1 is 1.60 bits per heavy atom. The van der Waals surface area contributed by atoms with Crippen LogP contribution < -0.4 is 0 Å². The lowest BCUT2D eigenvalue weighted by molar-refractivity contribution is 0.0726. The van der Waals surface area contributed by atoms with Crippen LogP contribution in [0, 0.1) is 6.92 Å². The van der Waals surface area contributed by atoms with E-state index < -0.39 is 0 Å². The Kier molecular flexibility index (Phi) is 2.95. The van der Waals surface area contributed by atoms with Crippen LogP contribution in [-0.2, 0) is 0 Å². The summed E-state index contributed by atoms with van der Waals surface area (Å²) in [5, 5.41) is 6.85. The first-order valence-electron chi connectivity index (χ1n) is 5.12. The Morgan fingerprint density at radius 2 is 2.27 bits per heavy atom. The highest BCUT2D eigenvalue weighted by Crippen LogP contribution is 2.18. The first kappa shape index (κ1) is 10.5. The summed E-state index contributed by atoms with van der Waals surface area (Å²) in [5.41, 5.74) is 1.50. The maximum absolute atomic E-state index is 12.0. The highest BCUT2D eigenvalue weighted by atomic mass is 35.5. The van der Waals surface area contributed by atoms with Gasteiger partial charge in [-0.3, -0.25) is 9.89 Å². The molecule has 1 fully saturated rings. The molecule has 0 radical (unpaired) electrons.